The van der Waals surface area contributed by atoms with Gasteiger partial charge in [-0.15, -0.1) is 5.10 Å². The second-order valence-corrected chi connectivity index (χ2v) is 6.63. The number of aliphatic hydroxyl groups excluding tert-OH is 1. The van der Waals surface area contributed by atoms with E-state index in [-0.39, 0.29) is 19.0 Å². The van der Waals surface area contributed by atoms with Gasteiger partial charge in [-0.1, -0.05) is 30.0 Å². The van der Waals surface area contributed by atoms with Crippen LogP contribution >= 0.6 is 11.8 Å². The molecule has 1 heterocycles. The molecule has 0 saturated heterocycles. The normalized spacial score (nSPS) is 12.1. The first kappa shape index (κ1) is 19.3. The fraction of sp³-hybridized carbons (Fsp3) is 0.278. The Morgan fingerprint density at radius 2 is 1.96 bits per heavy atom. The second-order valence-electron chi connectivity index (χ2n) is 5.64. The van der Waals surface area contributed by atoms with Gasteiger partial charge in [-0.05, 0) is 40.8 Å². The van der Waals surface area contributed by atoms with E-state index in [0.29, 0.717) is 16.5 Å². The van der Waals surface area contributed by atoms with E-state index < -0.39 is 6.10 Å². The number of hydrogen-bond acceptors (Lipinski definition) is 7. The number of methoxy groups -OCH3 is 1. The Labute approximate surface area is 160 Å². The van der Waals surface area contributed by atoms with Crippen molar-refractivity contribution in [1.82, 2.24) is 20.2 Å². The van der Waals surface area contributed by atoms with E-state index in [2.05, 4.69) is 15.5 Å². The Hall–Kier alpha value is -2.49. The van der Waals surface area contributed by atoms with E-state index >= 15 is 0 Å². The predicted octanol–water partition coefficient (Wildman–Crippen LogP) is 2.48. The third-order valence-electron chi connectivity index (χ3n) is 3.69. The molecule has 0 amide bonds. The molecule has 1 N–H and O–H groups in total. The van der Waals surface area contributed by atoms with Crippen LogP contribution in [0.5, 0.6) is 5.75 Å². The number of hydrogen-bond donors (Lipinski definition) is 1. The van der Waals surface area contributed by atoms with Crippen LogP contribution in [0.2, 0.25) is 0 Å². The Morgan fingerprint density at radius 1 is 1.19 bits per heavy atom. The number of rotatable bonds is 9. The lowest BCUT2D eigenvalue weighted by atomic mass is 10.2. The van der Waals surface area contributed by atoms with Crippen molar-refractivity contribution in [2.75, 3.05) is 19.5 Å². The average molecular weight is 390 g/mol. The van der Waals surface area contributed by atoms with Crippen molar-refractivity contribution in [3.05, 3.63) is 59.9 Å². The van der Waals surface area contributed by atoms with Gasteiger partial charge in [0.1, 0.15) is 11.6 Å². The van der Waals surface area contributed by atoms with Gasteiger partial charge in [-0.2, -0.15) is 4.68 Å². The van der Waals surface area contributed by atoms with Crippen molar-refractivity contribution in [2.45, 2.75) is 17.9 Å². The molecular formula is C18H19FN4O3S. The lowest BCUT2D eigenvalue weighted by molar-refractivity contribution is 0.0386. The van der Waals surface area contributed by atoms with Crippen molar-refractivity contribution in [2.24, 2.45) is 0 Å². The molecule has 1 aromatic heterocycles. The summed E-state index contributed by atoms with van der Waals surface area (Å²) < 4.78 is 25.6. The Kier molecular flexibility index (Phi) is 6.74. The lowest BCUT2D eigenvalue weighted by Gasteiger charge is -2.11. The van der Waals surface area contributed by atoms with Crippen LogP contribution in [0, 0.1) is 5.82 Å². The van der Waals surface area contributed by atoms with Crippen molar-refractivity contribution in [3.63, 3.8) is 0 Å². The number of aliphatic hydroxyl groups is 1. The van der Waals surface area contributed by atoms with Gasteiger partial charge >= 0.3 is 0 Å². The molecule has 0 aliphatic rings. The predicted molar refractivity (Wildman–Crippen MR) is 98.5 cm³/mol. The first-order chi connectivity index (χ1) is 13.2. The summed E-state index contributed by atoms with van der Waals surface area (Å²) in [5, 5.41) is 22.3. The van der Waals surface area contributed by atoms with E-state index in [0.717, 1.165) is 11.4 Å². The van der Waals surface area contributed by atoms with Gasteiger partial charge in [0.05, 0.1) is 32.1 Å². The molecule has 0 bridgehead atoms. The van der Waals surface area contributed by atoms with Crippen molar-refractivity contribution >= 4 is 11.8 Å². The monoisotopic (exact) mass is 390 g/mol. The molecule has 3 rings (SSSR count). The van der Waals surface area contributed by atoms with Crippen LogP contribution in [-0.2, 0) is 11.3 Å². The molecular weight excluding hydrogens is 371 g/mol. The van der Waals surface area contributed by atoms with Crippen LogP contribution in [0.25, 0.3) is 5.69 Å². The Balaban J connectivity index is 1.50. The van der Waals surface area contributed by atoms with Gasteiger partial charge in [-0.25, -0.2) is 4.39 Å². The number of aromatic nitrogens is 4. The molecule has 1 atom stereocenters. The van der Waals surface area contributed by atoms with Gasteiger partial charge in [0.2, 0.25) is 5.16 Å². The van der Waals surface area contributed by atoms with Crippen LogP contribution in [0.3, 0.4) is 0 Å². The molecule has 0 spiro atoms. The van der Waals surface area contributed by atoms with Crippen LogP contribution in [-0.4, -0.2) is 50.9 Å². The number of nitrogens with zero attached hydrogens (tertiary/aromatic N) is 4. The van der Waals surface area contributed by atoms with E-state index in [4.69, 9.17) is 9.47 Å². The SMILES string of the molecule is COc1ccc(-n2nnnc2SC[C@@H](O)COCc2ccccc2F)cc1. The molecule has 27 heavy (non-hydrogen) atoms. The maximum atomic E-state index is 13.5. The third-order valence-corrected chi connectivity index (χ3v) is 4.75. The minimum atomic E-state index is -0.734. The van der Waals surface area contributed by atoms with E-state index in [9.17, 15) is 9.50 Å². The largest absolute Gasteiger partial charge is 0.497 e. The zero-order valence-corrected chi connectivity index (χ0v) is 15.5. The summed E-state index contributed by atoms with van der Waals surface area (Å²) in [5.41, 5.74) is 1.24. The average Bonchev–Trinajstić information content (AvgIpc) is 3.16. The van der Waals surface area contributed by atoms with Crippen LogP contribution in [0.15, 0.2) is 53.7 Å². The molecule has 0 saturated carbocycles. The zero-order valence-electron chi connectivity index (χ0n) is 14.7. The fourth-order valence-electron chi connectivity index (χ4n) is 2.29. The molecule has 0 fully saturated rings. The first-order valence-corrected chi connectivity index (χ1v) is 9.20. The summed E-state index contributed by atoms with van der Waals surface area (Å²) in [6.07, 6.45) is -0.734. The van der Waals surface area contributed by atoms with Crippen molar-refractivity contribution in [3.8, 4) is 11.4 Å². The topological polar surface area (TPSA) is 82.3 Å². The third kappa shape index (κ3) is 5.25. The molecule has 7 nitrogen and oxygen atoms in total. The highest BCUT2D eigenvalue weighted by atomic mass is 32.2. The Bertz CT molecular complexity index is 860. The quantitative estimate of drug-likeness (QED) is 0.562. The van der Waals surface area contributed by atoms with E-state index in [1.165, 1.54) is 17.8 Å². The van der Waals surface area contributed by atoms with Crippen molar-refractivity contribution < 1.29 is 19.0 Å². The molecule has 9 heteroatoms. The number of ether oxygens (including phenoxy) is 2. The summed E-state index contributed by atoms with van der Waals surface area (Å²) >= 11 is 1.31. The van der Waals surface area contributed by atoms with Crippen LogP contribution in [0.4, 0.5) is 4.39 Å². The van der Waals surface area contributed by atoms with E-state index in [1.807, 2.05) is 24.3 Å². The molecule has 0 radical (unpaired) electrons. The highest BCUT2D eigenvalue weighted by molar-refractivity contribution is 7.99. The fourth-order valence-corrected chi connectivity index (χ4v) is 3.09. The van der Waals surface area contributed by atoms with Gasteiger partial charge < -0.3 is 14.6 Å². The van der Waals surface area contributed by atoms with Crippen LogP contribution < -0.4 is 4.74 Å². The molecule has 0 aliphatic carbocycles. The lowest BCUT2D eigenvalue weighted by Crippen LogP contribution is -2.18. The number of thioether (sulfide) groups is 1. The standard InChI is InChI=1S/C18H19FN4O3S/c1-25-16-8-6-14(7-9-16)23-18(20-21-22-23)27-12-15(24)11-26-10-13-4-2-3-5-17(13)19/h2-9,15,24H,10-12H2,1H3/t15-/m0/s1. The minimum Gasteiger partial charge on any atom is -0.497 e. The number of benzene rings is 2. The summed E-state index contributed by atoms with van der Waals surface area (Å²) in [6.45, 7) is 0.198. The zero-order chi connectivity index (χ0) is 19.1. The molecule has 142 valence electrons. The highest BCUT2D eigenvalue weighted by Gasteiger charge is 2.13. The van der Waals surface area contributed by atoms with Gasteiger partial charge in [0, 0.05) is 11.3 Å². The highest BCUT2D eigenvalue weighted by Crippen LogP contribution is 2.21. The van der Waals surface area contributed by atoms with Crippen molar-refractivity contribution in [1.29, 1.82) is 0 Å². The molecule has 2 aromatic carbocycles. The molecule has 0 unspecified atom stereocenters. The number of halogens is 1. The maximum absolute atomic E-state index is 13.5. The first-order valence-electron chi connectivity index (χ1n) is 8.22. The second kappa shape index (κ2) is 9.45. The minimum absolute atomic E-state index is 0.0887. The summed E-state index contributed by atoms with van der Waals surface area (Å²) in [4.78, 5) is 0. The maximum Gasteiger partial charge on any atom is 0.214 e. The van der Waals surface area contributed by atoms with Crippen LogP contribution in [0.1, 0.15) is 5.56 Å². The molecule has 3 aromatic rings. The summed E-state index contributed by atoms with van der Waals surface area (Å²) in [7, 11) is 1.60. The summed E-state index contributed by atoms with van der Waals surface area (Å²) in [5.74, 6) is 0.761. The van der Waals surface area contributed by atoms with Gasteiger partial charge in [0.15, 0.2) is 0 Å². The van der Waals surface area contributed by atoms with E-state index in [1.54, 1.807) is 30.0 Å². The number of tetrazole rings is 1. The molecule has 0 aliphatic heterocycles. The summed E-state index contributed by atoms with van der Waals surface area (Å²) in [6, 6.07) is 13.7. The Morgan fingerprint density at radius 3 is 2.70 bits per heavy atom. The smallest absolute Gasteiger partial charge is 0.214 e. The van der Waals surface area contributed by atoms with Gasteiger partial charge in [0.25, 0.3) is 0 Å². The van der Waals surface area contributed by atoms with Gasteiger partial charge in [-0.3, -0.25) is 0 Å².